The van der Waals surface area contributed by atoms with E-state index < -0.39 is 0 Å². The van der Waals surface area contributed by atoms with Crippen molar-refractivity contribution in [3.63, 3.8) is 0 Å². The summed E-state index contributed by atoms with van der Waals surface area (Å²) in [7, 11) is 4.34. The molecule has 3 nitrogen and oxygen atoms in total. The van der Waals surface area contributed by atoms with Crippen LogP contribution in [-0.2, 0) is 6.54 Å². The third-order valence-corrected chi connectivity index (χ3v) is 4.58. The minimum atomic E-state index is 0.612. The summed E-state index contributed by atoms with van der Waals surface area (Å²) in [6.45, 7) is 8.43. The number of hydrogen-bond acceptors (Lipinski definition) is 3. The third-order valence-electron chi connectivity index (χ3n) is 4.22. The molecule has 0 aliphatic carbocycles. The second-order valence-corrected chi connectivity index (χ2v) is 6.34. The summed E-state index contributed by atoms with van der Waals surface area (Å²) in [4.78, 5) is 4.81. The van der Waals surface area contributed by atoms with Gasteiger partial charge >= 0.3 is 0 Å². The second-order valence-electron chi connectivity index (χ2n) is 5.93. The maximum Gasteiger partial charge on any atom is 0.0471 e. The summed E-state index contributed by atoms with van der Waals surface area (Å²) in [6, 6.07) is 6.85. The zero-order valence-corrected chi connectivity index (χ0v) is 13.7. The molecule has 112 valence electrons. The Morgan fingerprint density at radius 1 is 1.35 bits per heavy atom. The number of halogens is 1. The van der Waals surface area contributed by atoms with Crippen molar-refractivity contribution in [3.8, 4) is 0 Å². The summed E-state index contributed by atoms with van der Waals surface area (Å²) in [6.07, 6.45) is 0. The van der Waals surface area contributed by atoms with Crippen LogP contribution in [0.3, 0.4) is 0 Å². The minimum absolute atomic E-state index is 0.612. The van der Waals surface area contributed by atoms with Crippen molar-refractivity contribution in [1.82, 2.24) is 10.2 Å². The largest absolute Gasteiger partial charge is 0.369 e. The van der Waals surface area contributed by atoms with E-state index in [1.165, 1.54) is 11.3 Å². The van der Waals surface area contributed by atoms with Crippen molar-refractivity contribution in [3.05, 3.63) is 28.8 Å². The smallest absolute Gasteiger partial charge is 0.0471 e. The van der Waals surface area contributed by atoms with Crippen molar-refractivity contribution in [1.29, 1.82) is 0 Å². The highest BCUT2D eigenvalue weighted by molar-refractivity contribution is 6.31. The molecule has 4 heteroatoms. The second kappa shape index (κ2) is 6.79. The van der Waals surface area contributed by atoms with Gasteiger partial charge in [-0.1, -0.05) is 31.5 Å². The number of likely N-dealkylation sites (N-methyl/N-ethyl adjacent to an activating group) is 1. The highest BCUT2D eigenvalue weighted by atomic mass is 35.5. The van der Waals surface area contributed by atoms with E-state index in [9.17, 15) is 0 Å². The van der Waals surface area contributed by atoms with Crippen molar-refractivity contribution in [2.75, 3.05) is 38.6 Å². The predicted molar refractivity (Wildman–Crippen MR) is 87.7 cm³/mol. The van der Waals surface area contributed by atoms with Gasteiger partial charge in [0, 0.05) is 41.9 Å². The van der Waals surface area contributed by atoms with Crippen LogP contribution in [0.5, 0.6) is 0 Å². The van der Waals surface area contributed by atoms with Crippen LogP contribution in [0, 0.1) is 5.92 Å². The van der Waals surface area contributed by atoms with Crippen LogP contribution in [0.1, 0.15) is 19.4 Å². The van der Waals surface area contributed by atoms with Crippen LogP contribution >= 0.6 is 11.6 Å². The highest BCUT2D eigenvalue weighted by Gasteiger charge is 2.32. The average Bonchev–Trinajstić information content (AvgIpc) is 2.79. The fourth-order valence-corrected chi connectivity index (χ4v) is 3.32. The SMILES string of the molecule is CCNCc1c(Cl)cccc1N1CC(C)C(N(C)C)C1. The normalized spacial score (nSPS) is 22.8. The quantitative estimate of drug-likeness (QED) is 0.901. The van der Waals surface area contributed by atoms with E-state index in [2.05, 4.69) is 55.2 Å². The zero-order valence-electron chi connectivity index (χ0n) is 13.0. The Morgan fingerprint density at radius 2 is 2.10 bits per heavy atom. The molecule has 20 heavy (non-hydrogen) atoms. The molecule has 1 aliphatic heterocycles. The van der Waals surface area contributed by atoms with Gasteiger partial charge in [-0.25, -0.2) is 0 Å². The Labute approximate surface area is 127 Å². The molecule has 0 amide bonds. The Bertz CT molecular complexity index is 447. The van der Waals surface area contributed by atoms with Crippen LogP contribution in [0.2, 0.25) is 5.02 Å². The first-order valence-electron chi connectivity index (χ1n) is 7.44. The van der Waals surface area contributed by atoms with Gasteiger partial charge in [-0.05, 0) is 38.7 Å². The summed E-state index contributed by atoms with van der Waals surface area (Å²) < 4.78 is 0. The molecule has 1 fully saturated rings. The van der Waals surface area contributed by atoms with E-state index in [1.807, 2.05) is 6.07 Å². The molecular formula is C16H26ClN3. The molecule has 0 spiro atoms. The van der Waals surface area contributed by atoms with Gasteiger partial charge in [0.25, 0.3) is 0 Å². The Hall–Kier alpha value is -0.770. The molecule has 1 aromatic rings. The molecule has 1 heterocycles. The van der Waals surface area contributed by atoms with Gasteiger partial charge in [0.2, 0.25) is 0 Å². The third kappa shape index (κ3) is 3.27. The molecule has 1 aromatic carbocycles. The number of anilines is 1. The minimum Gasteiger partial charge on any atom is -0.369 e. The average molecular weight is 296 g/mol. The Kier molecular flexibility index (Phi) is 5.30. The maximum absolute atomic E-state index is 6.40. The lowest BCUT2D eigenvalue weighted by molar-refractivity contribution is 0.266. The molecule has 2 rings (SSSR count). The van der Waals surface area contributed by atoms with E-state index in [1.54, 1.807) is 0 Å². The lowest BCUT2D eigenvalue weighted by Crippen LogP contribution is -2.34. The van der Waals surface area contributed by atoms with Gasteiger partial charge < -0.3 is 15.1 Å². The predicted octanol–water partition coefficient (Wildman–Crippen LogP) is 2.84. The number of nitrogens with one attached hydrogen (secondary N) is 1. The van der Waals surface area contributed by atoms with Crippen LogP contribution in [0.4, 0.5) is 5.69 Å². The van der Waals surface area contributed by atoms with Gasteiger partial charge in [0.1, 0.15) is 0 Å². The molecular weight excluding hydrogens is 270 g/mol. The van der Waals surface area contributed by atoms with Gasteiger partial charge in [-0.15, -0.1) is 0 Å². The van der Waals surface area contributed by atoms with E-state index in [4.69, 9.17) is 11.6 Å². The number of rotatable bonds is 5. The zero-order chi connectivity index (χ0) is 14.7. The Balaban J connectivity index is 2.23. The van der Waals surface area contributed by atoms with E-state index in [0.717, 1.165) is 31.2 Å². The van der Waals surface area contributed by atoms with E-state index in [0.29, 0.717) is 12.0 Å². The first kappa shape index (κ1) is 15.6. The van der Waals surface area contributed by atoms with Gasteiger partial charge in [-0.3, -0.25) is 0 Å². The molecule has 0 aromatic heterocycles. The summed E-state index contributed by atoms with van der Waals surface area (Å²) in [5.74, 6) is 0.677. The lowest BCUT2D eigenvalue weighted by atomic mass is 10.1. The molecule has 1 saturated heterocycles. The first-order valence-corrected chi connectivity index (χ1v) is 7.81. The standard InChI is InChI=1S/C16H26ClN3/c1-5-18-9-13-14(17)7-6-8-15(13)20-10-12(2)16(11-20)19(3)4/h6-8,12,16,18H,5,9-11H2,1-4H3. The van der Waals surface area contributed by atoms with Gasteiger partial charge in [0.05, 0.1) is 0 Å². The fraction of sp³-hybridized carbons (Fsp3) is 0.625. The fourth-order valence-electron chi connectivity index (χ4n) is 3.09. The lowest BCUT2D eigenvalue weighted by Gasteiger charge is -2.25. The van der Waals surface area contributed by atoms with Crippen LogP contribution in [0.25, 0.3) is 0 Å². The van der Waals surface area contributed by atoms with E-state index >= 15 is 0 Å². The highest BCUT2D eigenvalue weighted by Crippen LogP contribution is 2.32. The molecule has 1 N–H and O–H groups in total. The molecule has 0 radical (unpaired) electrons. The van der Waals surface area contributed by atoms with Crippen molar-refractivity contribution >= 4 is 17.3 Å². The van der Waals surface area contributed by atoms with Crippen LogP contribution in [-0.4, -0.2) is 44.7 Å². The molecule has 0 bridgehead atoms. The van der Waals surface area contributed by atoms with Gasteiger partial charge in [-0.2, -0.15) is 0 Å². The van der Waals surface area contributed by atoms with Crippen molar-refractivity contribution in [2.24, 2.45) is 5.92 Å². The van der Waals surface area contributed by atoms with Crippen molar-refractivity contribution in [2.45, 2.75) is 26.4 Å². The van der Waals surface area contributed by atoms with Gasteiger partial charge in [0.15, 0.2) is 0 Å². The topological polar surface area (TPSA) is 18.5 Å². The number of hydrogen-bond donors (Lipinski definition) is 1. The monoisotopic (exact) mass is 295 g/mol. The van der Waals surface area contributed by atoms with Crippen LogP contribution < -0.4 is 10.2 Å². The van der Waals surface area contributed by atoms with Crippen molar-refractivity contribution < 1.29 is 0 Å². The number of benzene rings is 1. The molecule has 2 unspecified atom stereocenters. The Morgan fingerprint density at radius 3 is 2.70 bits per heavy atom. The maximum atomic E-state index is 6.40. The summed E-state index contributed by atoms with van der Waals surface area (Å²) in [5, 5.41) is 4.26. The molecule has 2 atom stereocenters. The molecule has 0 saturated carbocycles. The summed E-state index contributed by atoms with van der Waals surface area (Å²) in [5.41, 5.74) is 2.51. The van der Waals surface area contributed by atoms with Crippen LogP contribution in [0.15, 0.2) is 18.2 Å². The first-order chi connectivity index (χ1) is 9.54. The summed E-state index contributed by atoms with van der Waals surface area (Å²) >= 11 is 6.40. The molecule has 1 aliphatic rings. The number of nitrogens with zero attached hydrogens (tertiary/aromatic N) is 2. The van der Waals surface area contributed by atoms with E-state index in [-0.39, 0.29) is 0 Å².